The molecule has 0 spiro atoms. The second-order valence-corrected chi connectivity index (χ2v) is 4.11. The fourth-order valence-corrected chi connectivity index (χ4v) is 1.69. The van der Waals surface area contributed by atoms with Gasteiger partial charge >= 0.3 is 6.30 Å². The van der Waals surface area contributed by atoms with Gasteiger partial charge in [-0.2, -0.15) is 13.2 Å². The summed E-state index contributed by atoms with van der Waals surface area (Å²) in [6, 6.07) is 9.83. The highest BCUT2D eigenvalue weighted by Gasteiger charge is 2.26. The number of pyridine rings is 1. The topological polar surface area (TPSA) is 24.9 Å². The van der Waals surface area contributed by atoms with E-state index in [9.17, 15) is 13.2 Å². The van der Waals surface area contributed by atoms with Crippen molar-refractivity contribution in [3.05, 3.63) is 48.2 Å². The summed E-state index contributed by atoms with van der Waals surface area (Å²) in [6.45, 7) is 2.04. The average molecular weight is 266 g/mol. The van der Waals surface area contributed by atoms with Crippen molar-refractivity contribution in [1.29, 1.82) is 0 Å². The molecule has 0 bridgehead atoms. The molecule has 0 aliphatic heterocycles. The molecule has 5 heteroatoms. The van der Waals surface area contributed by atoms with Crippen LogP contribution in [0.4, 0.5) is 18.9 Å². The Bertz CT molecular complexity index is 530. The number of aromatic nitrogens is 1. The molecule has 0 saturated heterocycles. The van der Waals surface area contributed by atoms with Gasteiger partial charge in [-0.05, 0) is 30.2 Å². The van der Waals surface area contributed by atoms with E-state index in [1.54, 1.807) is 18.3 Å². The number of hydrogen-bond acceptors (Lipinski definition) is 2. The van der Waals surface area contributed by atoms with Gasteiger partial charge in [0.2, 0.25) is 0 Å². The molecule has 100 valence electrons. The Morgan fingerprint density at radius 2 is 1.74 bits per heavy atom. The first kappa shape index (κ1) is 13.4. The molecule has 0 radical (unpaired) electrons. The zero-order valence-corrected chi connectivity index (χ0v) is 10.3. The highest BCUT2D eigenvalue weighted by Crippen LogP contribution is 2.23. The molecule has 2 aromatic rings. The van der Waals surface area contributed by atoms with Crippen LogP contribution in [-0.2, 0) is 6.42 Å². The van der Waals surface area contributed by atoms with Gasteiger partial charge in [-0.25, -0.2) is 0 Å². The minimum absolute atomic E-state index is 0.0152. The third-order valence-electron chi connectivity index (χ3n) is 2.70. The summed E-state index contributed by atoms with van der Waals surface area (Å²) in [5.41, 5.74) is 2.67. The molecule has 1 N–H and O–H groups in total. The van der Waals surface area contributed by atoms with Crippen LogP contribution in [0.2, 0.25) is 0 Å². The SMILES string of the molecule is CCc1ccc(-c2ccc(NC(F)(F)F)cc2)nc1. The fraction of sp³-hybridized carbons (Fsp3) is 0.214. The predicted molar refractivity (Wildman–Crippen MR) is 68.7 cm³/mol. The number of nitrogens with zero attached hydrogens (tertiary/aromatic N) is 1. The number of alkyl halides is 3. The van der Waals surface area contributed by atoms with Crippen LogP contribution in [0.5, 0.6) is 0 Å². The van der Waals surface area contributed by atoms with Gasteiger partial charge in [0.1, 0.15) is 0 Å². The molecule has 19 heavy (non-hydrogen) atoms. The highest BCUT2D eigenvalue weighted by atomic mass is 19.4. The molecular formula is C14H13F3N2. The molecule has 0 aliphatic carbocycles. The molecular weight excluding hydrogens is 253 g/mol. The standard InChI is InChI=1S/C14H13F3N2/c1-2-10-3-8-13(18-9-10)11-4-6-12(7-5-11)19-14(15,16)17/h3-9,19H,2H2,1H3. The number of hydrogen-bond donors (Lipinski definition) is 1. The first-order valence-corrected chi connectivity index (χ1v) is 5.88. The summed E-state index contributed by atoms with van der Waals surface area (Å²) in [4.78, 5) is 4.28. The van der Waals surface area contributed by atoms with E-state index in [0.29, 0.717) is 0 Å². The van der Waals surface area contributed by atoms with E-state index in [4.69, 9.17) is 0 Å². The van der Waals surface area contributed by atoms with Gasteiger partial charge < -0.3 is 0 Å². The molecule has 2 rings (SSSR count). The monoisotopic (exact) mass is 266 g/mol. The van der Waals surface area contributed by atoms with Crippen molar-refractivity contribution in [2.24, 2.45) is 0 Å². The predicted octanol–water partition coefficient (Wildman–Crippen LogP) is 4.24. The van der Waals surface area contributed by atoms with Crippen molar-refractivity contribution in [1.82, 2.24) is 4.98 Å². The van der Waals surface area contributed by atoms with Crippen molar-refractivity contribution in [2.45, 2.75) is 19.6 Å². The molecule has 1 heterocycles. The quantitative estimate of drug-likeness (QED) is 0.840. The number of aryl methyl sites for hydroxylation is 1. The number of rotatable bonds is 3. The van der Waals surface area contributed by atoms with Crippen LogP contribution in [0, 0.1) is 0 Å². The van der Waals surface area contributed by atoms with Gasteiger partial charge in [0, 0.05) is 17.4 Å². The number of nitrogens with one attached hydrogen (secondary N) is 1. The molecule has 2 nitrogen and oxygen atoms in total. The largest absolute Gasteiger partial charge is 0.482 e. The minimum atomic E-state index is -4.41. The van der Waals surface area contributed by atoms with Crippen molar-refractivity contribution in [3.8, 4) is 11.3 Å². The Labute approximate surface area is 109 Å². The lowest BCUT2D eigenvalue weighted by atomic mass is 10.1. The first-order valence-electron chi connectivity index (χ1n) is 5.88. The van der Waals surface area contributed by atoms with E-state index in [2.05, 4.69) is 4.98 Å². The summed E-state index contributed by atoms with van der Waals surface area (Å²) in [7, 11) is 0. The Hall–Kier alpha value is -2.04. The van der Waals surface area contributed by atoms with Crippen LogP contribution in [0.3, 0.4) is 0 Å². The van der Waals surface area contributed by atoms with Crippen molar-refractivity contribution in [2.75, 3.05) is 5.32 Å². The lowest BCUT2D eigenvalue weighted by molar-refractivity contribution is -0.0999. The van der Waals surface area contributed by atoms with E-state index in [-0.39, 0.29) is 5.69 Å². The van der Waals surface area contributed by atoms with E-state index >= 15 is 0 Å². The zero-order chi connectivity index (χ0) is 13.9. The van der Waals surface area contributed by atoms with Gasteiger partial charge in [-0.15, -0.1) is 0 Å². The Kier molecular flexibility index (Phi) is 3.74. The smallest absolute Gasteiger partial charge is 0.298 e. The van der Waals surface area contributed by atoms with Gasteiger partial charge in [0.05, 0.1) is 5.69 Å². The Balaban J connectivity index is 2.17. The van der Waals surface area contributed by atoms with Gasteiger partial charge in [-0.1, -0.05) is 25.1 Å². The van der Waals surface area contributed by atoms with Crippen molar-refractivity contribution < 1.29 is 13.2 Å². The summed E-state index contributed by atoms with van der Waals surface area (Å²) in [5.74, 6) is 0. The van der Waals surface area contributed by atoms with Gasteiger partial charge in [-0.3, -0.25) is 10.3 Å². The van der Waals surface area contributed by atoms with Crippen LogP contribution in [0.25, 0.3) is 11.3 Å². The Morgan fingerprint density at radius 1 is 1.05 bits per heavy atom. The van der Waals surface area contributed by atoms with Crippen LogP contribution < -0.4 is 5.32 Å². The van der Waals surface area contributed by atoms with Crippen LogP contribution in [0.1, 0.15) is 12.5 Å². The molecule has 0 atom stereocenters. The van der Waals surface area contributed by atoms with Gasteiger partial charge in [0.15, 0.2) is 0 Å². The molecule has 1 aromatic heterocycles. The minimum Gasteiger partial charge on any atom is -0.298 e. The molecule has 0 fully saturated rings. The number of anilines is 1. The average Bonchev–Trinajstić information content (AvgIpc) is 2.38. The third kappa shape index (κ3) is 3.71. The van der Waals surface area contributed by atoms with E-state index in [1.807, 2.05) is 19.1 Å². The van der Waals surface area contributed by atoms with Gasteiger partial charge in [0.25, 0.3) is 0 Å². The molecule has 1 aromatic carbocycles. The summed E-state index contributed by atoms with van der Waals surface area (Å²) < 4.78 is 36.4. The Morgan fingerprint density at radius 3 is 2.21 bits per heavy atom. The van der Waals surface area contributed by atoms with Crippen molar-refractivity contribution in [3.63, 3.8) is 0 Å². The highest BCUT2D eigenvalue weighted by molar-refractivity contribution is 5.62. The number of halogens is 3. The second kappa shape index (κ2) is 5.30. The summed E-state index contributed by atoms with van der Waals surface area (Å²) >= 11 is 0. The first-order chi connectivity index (χ1) is 8.98. The molecule has 0 amide bonds. The van der Waals surface area contributed by atoms with Crippen LogP contribution >= 0.6 is 0 Å². The summed E-state index contributed by atoms with van der Waals surface area (Å²) in [5, 5.41) is 1.46. The second-order valence-electron chi connectivity index (χ2n) is 4.11. The lowest BCUT2D eigenvalue weighted by Crippen LogP contribution is -2.20. The maximum atomic E-state index is 12.1. The zero-order valence-electron chi connectivity index (χ0n) is 10.3. The maximum absolute atomic E-state index is 12.1. The normalized spacial score (nSPS) is 11.4. The van der Waals surface area contributed by atoms with Crippen LogP contribution in [0.15, 0.2) is 42.6 Å². The molecule has 0 saturated carbocycles. The fourth-order valence-electron chi connectivity index (χ4n) is 1.69. The third-order valence-corrected chi connectivity index (χ3v) is 2.70. The van der Waals surface area contributed by atoms with E-state index in [1.165, 1.54) is 17.4 Å². The van der Waals surface area contributed by atoms with Crippen molar-refractivity contribution >= 4 is 5.69 Å². The summed E-state index contributed by atoms with van der Waals surface area (Å²) in [6.07, 6.45) is -1.73. The molecule has 0 unspecified atom stereocenters. The van der Waals surface area contributed by atoms with E-state index < -0.39 is 6.30 Å². The maximum Gasteiger partial charge on any atom is 0.482 e. The number of benzene rings is 1. The molecule has 0 aliphatic rings. The van der Waals surface area contributed by atoms with Crippen LogP contribution in [-0.4, -0.2) is 11.3 Å². The lowest BCUT2D eigenvalue weighted by Gasteiger charge is -2.10. The van der Waals surface area contributed by atoms with E-state index in [0.717, 1.165) is 23.2 Å².